The summed E-state index contributed by atoms with van der Waals surface area (Å²) >= 11 is 0. The molecule has 0 aliphatic rings. The van der Waals surface area contributed by atoms with Gasteiger partial charge in [-0.25, -0.2) is 0 Å². The molecule has 0 fully saturated rings. The topological polar surface area (TPSA) is 3.24 Å². The summed E-state index contributed by atoms with van der Waals surface area (Å²) in [6, 6.07) is 0. The van der Waals surface area contributed by atoms with Gasteiger partial charge in [0.15, 0.2) is 0 Å². The quantitative estimate of drug-likeness (QED) is 0.411. The Hall–Kier alpha value is -0.0800. The van der Waals surface area contributed by atoms with Gasteiger partial charge in [-0.15, -0.1) is 0 Å². The maximum atomic E-state index is 2.36. The van der Waals surface area contributed by atoms with Crippen molar-refractivity contribution >= 4 is 0 Å². The second-order valence-corrected chi connectivity index (χ2v) is 5.95. The first kappa shape index (κ1) is 15.9. The average Bonchev–Trinajstić information content (AvgIpc) is 2.15. The second-order valence-electron chi connectivity index (χ2n) is 5.95. The molecule has 98 valence electrons. The number of rotatable bonds is 10. The van der Waals surface area contributed by atoms with Crippen molar-refractivity contribution in [2.75, 3.05) is 47.8 Å². The van der Waals surface area contributed by atoms with Crippen LogP contribution in [0.5, 0.6) is 0 Å². The molecule has 0 bridgehead atoms. The Morgan fingerprint density at radius 3 is 1.94 bits per heavy atom. The zero-order valence-corrected chi connectivity index (χ0v) is 12.3. The van der Waals surface area contributed by atoms with Crippen molar-refractivity contribution in [2.45, 2.75) is 45.4 Å². The fraction of sp³-hybridized carbons (Fsp3) is 1.00. The molecule has 0 spiro atoms. The van der Waals surface area contributed by atoms with Gasteiger partial charge < -0.3 is 9.38 Å². The summed E-state index contributed by atoms with van der Waals surface area (Å²) in [6.07, 6.45) is 8.29. The first-order chi connectivity index (χ1) is 7.48. The van der Waals surface area contributed by atoms with Crippen molar-refractivity contribution < 1.29 is 4.48 Å². The van der Waals surface area contributed by atoms with E-state index in [0.29, 0.717) is 0 Å². The predicted molar refractivity (Wildman–Crippen MR) is 73.8 cm³/mol. The van der Waals surface area contributed by atoms with Gasteiger partial charge in [0.2, 0.25) is 0 Å². The van der Waals surface area contributed by atoms with Crippen LogP contribution in [0.2, 0.25) is 0 Å². The zero-order chi connectivity index (χ0) is 12.4. The van der Waals surface area contributed by atoms with Gasteiger partial charge in [0.25, 0.3) is 0 Å². The number of hydrogen-bond donors (Lipinski definition) is 0. The Labute approximate surface area is 103 Å². The molecule has 0 aromatic rings. The van der Waals surface area contributed by atoms with Crippen molar-refractivity contribution in [3.63, 3.8) is 0 Å². The lowest BCUT2D eigenvalue weighted by Crippen LogP contribution is -2.40. The molecule has 2 nitrogen and oxygen atoms in total. The summed E-state index contributed by atoms with van der Waals surface area (Å²) in [5.41, 5.74) is 0. The third kappa shape index (κ3) is 10.4. The molecular weight excluding hydrogens is 196 g/mol. The summed E-state index contributed by atoms with van der Waals surface area (Å²) in [5.74, 6) is 0. The van der Waals surface area contributed by atoms with Crippen LogP contribution < -0.4 is 0 Å². The van der Waals surface area contributed by atoms with Crippen LogP contribution in [-0.4, -0.2) is 57.2 Å². The van der Waals surface area contributed by atoms with Gasteiger partial charge in [0.1, 0.15) is 0 Å². The molecule has 0 radical (unpaired) electrons. The van der Waals surface area contributed by atoms with Gasteiger partial charge in [-0.3, -0.25) is 0 Å². The SMILES string of the molecule is CCC[N+](C)(C)CCCCCCCN(C)C. The van der Waals surface area contributed by atoms with Crippen molar-refractivity contribution in [3.05, 3.63) is 0 Å². The van der Waals surface area contributed by atoms with E-state index in [0.717, 1.165) is 0 Å². The van der Waals surface area contributed by atoms with Gasteiger partial charge in [0, 0.05) is 0 Å². The van der Waals surface area contributed by atoms with Crippen LogP contribution >= 0.6 is 0 Å². The van der Waals surface area contributed by atoms with Crippen LogP contribution in [0, 0.1) is 0 Å². The molecule has 0 amide bonds. The summed E-state index contributed by atoms with van der Waals surface area (Å²) < 4.78 is 1.20. The maximum Gasteiger partial charge on any atom is 0.0782 e. The molecule has 0 saturated heterocycles. The molecule has 0 aliphatic heterocycles. The predicted octanol–water partition coefficient (Wildman–Crippen LogP) is 2.98. The van der Waals surface area contributed by atoms with Gasteiger partial charge in [-0.05, 0) is 46.3 Å². The average molecular weight is 229 g/mol. The van der Waals surface area contributed by atoms with Gasteiger partial charge in [-0.1, -0.05) is 19.8 Å². The number of quaternary nitrogens is 1. The minimum absolute atomic E-state index is 1.20. The molecule has 0 aromatic heterocycles. The smallest absolute Gasteiger partial charge is 0.0782 e. The third-order valence-corrected chi connectivity index (χ3v) is 3.20. The highest BCUT2D eigenvalue weighted by Crippen LogP contribution is 2.07. The monoisotopic (exact) mass is 229 g/mol. The van der Waals surface area contributed by atoms with E-state index in [2.05, 4.69) is 40.0 Å². The first-order valence-electron chi connectivity index (χ1n) is 6.94. The Morgan fingerprint density at radius 2 is 1.38 bits per heavy atom. The van der Waals surface area contributed by atoms with Crippen LogP contribution in [0.1, 0.15) is 45.4 Å². The minimum atomic E-state index is 1.20. The number of nitrogens with zero attached hydrogens (tertiary/aromatic N) is 2. The number of hydrogen-bond acceptors (Lipinski definition) is 1. The molecule has 0 aromatic carbocycles. The Kier molecular flexibility index (Phi) is 8.96. The van der Waals surface area contributed by atoms with E-state index in [1.165, 1.54) is 62.6 Å². The lowest BCUT2D eigenvalue weighted by Gasteiger charge is -2.29. The summed E-state index contributed by atoms with van der Waals surface area (Å²) in [7, 11) is 9.03. The second kappa shape index (κ2) is 9.00. The van der Waals surface area contributed by atoms with Crippen molar-refractivity contribution in [3.8, 4) is 0 Å². The molecule has 0 saturated carbocycles. The summed E-state index contributed by atoms with van der Waals surface area (Å²) in [4.78, 5) is 2.28. The highest BCUT2D eigenvalue weighted by atomic mass is 15.3. The zero-order valence-electron chi connectivity index (χ0n) is 12.3. The summed E-state index contributed by atoms with van der Waals surface area (Å²) in [6.45, 7) is 6.20. The largest absolute Gasteiger partial charge is 0.328 e. The van der Waals surface area contributed by atoms with Gasteiger partial charge in [0.05, 0.1) is 27.2 Å². The van der Waals surface area contributed by atoms with E-state index >= 15 is 0 Å². The fourth-order valence-electron chi connectivity index (χ4n) is 2.22. The van der Waals surface area contributed by atoms with Crippen LogP contribution in [-0.2, 0) is 0 Å². The van der Waals surface area contributed by atoms with E-state index < -0.39 is 0 Å². The normalized spacial score (nSPS) is 12.4. The van der Waals surface area contributed by atoms with Crippen LogP contribution in [0.3, 0.4) is 0 Å². The molecular formula is C14H33N2+. The molecule has 16 heavy (non-hydrogen) atoms. The molecule has 0 unspecified atom stereocenters. The van der Waals surface area contributed by atoms with Crippen LogP contribution in [0.25, 0.3) is 0 Å². The van der Waals surface area contributed by atoms with Gasteiger partial charge >= 0.3 is 0 Å². The van der Waals surface area contributed by atoms with E-state index in [1.807, 2.05) is 0 Å². The maximum absolute atomic E-state index is 2.36. The number of unbranched alkanes of at least 4 members (excludes halogenated alkanes) is 4. The molecule has 2 heteroatoms. The standard InChI is InChI=1S/C14H33N2/c1-6-13-16(4,5)14-11-9-7-8-10-12-15(2)3/h6-14H2,1-5H3/q+1. The highest BCUT2D eigenvalue weighted by Gasteiger charge is 2.11. The van der Waals surface area contributed by atoms with E-state index in [9.17, 15) is 0 Å². The lowest BCUT2D eigenvalue weighted by atomic mass is 10.1. The van der Waals surface area contributed by atoms with Crippen molar-refractivity contribution in [1.29, 1.82) is 0 Å². The Morgan fingerprint density at radius 1 is 0.812 bits per heavy atom. The fourth-order valence-corrected chi connectivity index (χ4v) is 2.22. The molecule has 0 aliphatic carbocycles. The van der Waals surface area contributed by atoms with Crippen LogP contribution in [0.15, 0.2) is 0 Å². The van der Waals surface area contributed by atoms with E-state index in [4.69, 9.17) is 0 Å². The molecule has 0 N–H and O–H groups in total. The van der Waals surface area contributed by atoms with Crippen molar-refractivity contribution in [2.24, 2.45) is 0 Å². The first-order valence-corrected chi connectivity index (χ1v) is 6.94. The summed E-state index contributed by atoms with van der Waals surface area (Å²) in [5, 5.41) is 0. The van der Waals surface area contributed by atoms with Gasteiger partial charge in [-0.2, -0.15) is 0 Å². The van der Waals surface area contributed by atoms with E-state index in [-0.39, 0.29) is 0 Å². The molecule has 0 heterocycles. The molecule has 0 atom stereocenters. The highest BCUT2D eigenvalue weighted by molar-refractivity contribution is 4.48. The van der Waals surface area contributed by atoms with Crippen molar-refractivity contribution in [1.82, 2.24) is 4.90 Å². The van der Waals surface area contributed by atoms with Crippen LogP contribution in [0.4, 0.5) is 0 Å². The Balaban J connectivity index is 3.26. The molecule has 0 rings (SSSR count). The lowest BCUT2D eigenvalue weighted by molar-refractivity contribution is -0.890. The van der Waals surface area contributed by atoms with E-state index in [1.54, 1.807) is 0 Å². The Bertz CT molecular complexity index is 153. The minimum Gasteiger partial charge on any atom is -0.328 e. The third-order valence-electron chi connectivity index (χ3n) is 3.20.